The molecule has 0 N–H and O–H groups in total. The molecule has 5 nitrogen and oxygen atoms in total. The number of hydrogen-bond donors (Lipinski definition) is 0. The maximum absolute atomic E-state index is 6.53. The molecular formula is C73H74BN3O2. The minimum absolute atomic E-state index is 0.0145. The molecule has 0 fully saturated rings. The summed E-state index contributed by atoms with van der Waals surface area (Å²) in [6.45, 7) is 33.4. The second-order valence-electron chi connectivity index (χ2n) is 27.3. The quantitative estimate of drug-likeness (QED) is 0.160. The van der Waals surface area contributed by atoms with E-state index in [4.69, 9.17) is 9.47 Å². The zero-order valence-corrected chi connectivity index (χ0v) is 48.8. The Labute approximate surface area is 469 Å². The van der Waals surface area contributed by atoms with Gasteiger partial charge < -0.3 is 24.2 Å². The zero-order valence-electron chi connectivity index (χ0n) is 48.8. The van der Waals surface area contributed by atoms with Crippen LogP contribution in [0.15, 0.2) is 170 Å². The molecule has 3 aliphatic heterocycles. The van der Waals surface area contributed by atoms with Crippen molar-refractivity contribution in [3.8, 4) is 22.6 Å². The van der Waals surface area contributed by atoms with Gasteiger partial charge in [0.15, 0.2) is 11.5 Å². The SMILES string of the molecule is CC(C)(C)c1ccc(N2c3ccc(C(C)(C)C)cc3B3c4cc5c(cc4N(c4ccc(C(C)(C)C)cc4)c4cc(N(c6ccc(C(C)(C)C)cc6)c6cc7c(c8ccccc68)-c6ccccc6C7(C)C)cc2c43)OCCO5)cc1. The number of rotatable bonds is 5. The number of anilines is 9. The van der Waals surface area contributed by atoms with E-state index in [1.165, 1.54) is 77.4 Å². The van der Waals surface area contributed by atoms with Crippen molar-refractivity contribution in [1.29, 1.82) is 0 Å². The summed E-state index contributed by atoms with van der Waals surface area (Å²) in [6, 6.07) is 65.6. The molecule has 79 heavy (non-hydrogen) atoms. The van der Waals surface area contributed by atoms with Crippen molar-refractivity contribution in [3.05, 3.63) is 203 Å². The molecule has 0 amide bonds. The fourth-order valence-corrected chi connectivity index (χ4v) is 13.1. The van der Waals surface area contributed by atoms with Crippen LogP contribution in [0.4, 0.5) is 51.2 Å². The lowest BCUT2D eigenvalue weighted by molar-refractivity contribution is 0.172. The molecule has 0 spiro atoms. The predicted octanol–water partition coefficient (Wildman–Crippen LogP) is 17.7. The van der Waals surface area contributed by atoms with Gasteiger partial charge in [0, 0.05) is 56.7 Å². The van der Waals surface area contributed by atoms with Crippen molar-refractivity contribution in [1.82, 2.24) is 0 Å². The van der Waals surface area contributed by atoms with Gasteiger partial charge >= 0.3 is 0 Å². The smallest absolute Gasteiger partial charge is 0.252 e. The van der Waals surface area contributed by atoms with Crippen LogP contribution in [0.3, 0.4) is 0 Å². The Bertz CT molecular complexity index is 3920. The number of fused-ring (bicyclic) bond motifs is 10. The van der Waals surface area contributed by atoms with E-state index in [9.17, 15) is 0 Å². The summed E-state index contributed by atoms with van der Waals surface area (Å²) in [5.74, 6) is 1.57. The van der Waals surface area contributed by atoms with Crippen LogP contribution < -0.4 is 40.6 Å². The number of benzene rings is 9. The van der Waals surface area contributed by atoms with Crippen molar-refractivity contribution in [3.63, 3.8) is 0 Å². The van der Waals surface area contributed by atoms with Crippen LogP contribution in [0.2, 0.25) is 0 Å². The average molecular weight is 1040 g/mol. The van der Waals surface area contributed by atoms with Gasteiger partial charge in [-0.15, -0.1) is 0 Å². The Kier molecular flexibility index (Phi) is 11.3. The lowest BCUT2D eigenvalue weighted by Crippen LogP contribution is -2.61. The Morgan fingerprint density at radius 1 is 0.430 bits per heavy atom. The van der Waals surface area contributed by atoms with Crippen LogP contribution in [-0.2, 0) is 27.1 Å². The van der Waals surface area contributed by atoms with Crippen LogP contribution in [0.1, 0.15) is 130 Å². The van der Waals surface area contributed by atoms with E-state index in [2.05, 4.69) is 281 Å². The molecule has 0 saturated carbocycles. The normalized spacial score (nSPS) is 15.1. The Balaban J connectivity index is 1.17. The topological polar surface area (TPSA) is 28.2 Å². The summed E-state index contributed by atoms with van der Waals surface area (Å²) in [5, 5.41) is 2.46. The van der Waals surface area contributed by atoms with Gasteiger partial charge in [-0.05, 0) is 155 Å². The van der Waals surface area contributed by atoms with E-state index in [1.807, 2.05) is 0 Å². The Hall–Kier alpha value is -7.70. The fraction of sp³-hybridized carbons (Fsp3) is 0.288. The zero-order chi connectivity index (χ0) is 55.3. The molecule has 1 aliphatic carbocycles. The van der Waals surface area contributed by atoms with E-state index in [0.717, 1.165) is 57.0 Å². The standard InChI is InChI=1S/C73H74BN3O2/c1-69(2,3)45-23-30-49(31-24-45)75(61-42-57-67(54-20-16-15-19-53(54)61)55-21-17-18-22-56(55)73(57,13)14)52-40-63-68-64(41-52)77(51-34-27-47(28-35-51)71(7,8)9)62-44-66-65(78-37-38-79-66)43-59(62)74(68)58-39-48(72(10,11)12)29-36-60(58)76(63)50-32-25-46(26-33-50)70(4,5)6/h15-36,39-44H,37-38H2,1-14H3. The molecule has 0 atom stereocenters. The Morgan fingerprint density at radius 3 is 1.48 bits per heavy atom. The van der Waals surface area contributed by atoms with Crippen LogP contribution in [0.25, 0.3) is 21.9 Å². The van der Waals surface area contributed by atoms with E-state index in [0.29, 0.717) is 13.2 Å². The van der Waals surface area contributed by atoms with Crippen LogP contribution in [-0.4, -0.2) is 19.9 Å². The van der Waals surface area contributed by atoms with Crippen molar-refractivity contribution in [2.24, 2.45) is 0 Å². The lowest BCUT2D eigenvalue weighted by Gasteiger charge is -2.45. The molecule has 6 heteroatoms. The molecule has 3 heterocycles. The van der Waals surface area contributed by atoms with Crippen molar-refractivity contribution < 1.29 is 9.47 Å². The van der Waals surface area contributed by atoms with Crippen LogP contribution in [0.5, 0.6) is 11.5 Å². The largest absolute Gasteiger partial charge is 0.486 e. The van der Waals surface area contributed by atoms with Crippen molar-refractivity contribution >= 4 is 85.1 Å². The van der Waals surface area contributed by atoms with Crippen LogP contribution >= 0.6 is 0 Å². The van der Waals surface area contributed by atoms with Gasteiger partial charge in [0.1, 0.15) is 13.2 Å². The highest BCUT2D eigenvalue weighted by Gasteiger charge is 2.46. The third-order valence-corrected chi connectivity index (χ3v) is 17.6. The van der Waals surface area contributed by atoms with Crippen LogP contribution in [0, 0.1) is 0 Å². The molecule has 396 valence electrons. The highest BCUT2D eigenvalue weighted by atomic mass is 16.6. The third-order valence-electron chi connectivity index (χ3n) is 17.6. The first-order valence-corrected chi connectivity index (χ1v) is 28.6. The molecular weight excluding hydrogens is 962 g/mol. The van der Waals surface area contributed by atoms with E-state index in [1.54, 1.807) is 0 Å². The van der Waals surface area contributed by atoms with E-state index in [-0.39, 0.29) is 33.8 Å². The summed E-state index contributed by atoms with van der Waals surface area (Å²) in [4.78, 5) is 7.66. The lowest BCUT2D eigenvalue weighted by atomic mass is 9.33. The molecule has 13 rings (SSSR count). The van der Waals surface area contributed by atoms with Gasteiger partial charge in [-0.1, -0.05) is 194 Å². The summed E-state index contributed by atoms with van der Waals surface area (Å²) < 4.78 is 13.1. The van der Waals surface area contributed by atoms with E-state index < -0.39 is 0 Å². The number of ether oxygens (including phenoxy) is 2. The average Bonchev–Trinajstić information content (AvgIpc) is 3.85. The second-order valence-corrected chi connectivity index (χ2v) is 27.3. The van der Waals surface area contributed by atoms with Gasteiger partial charge in [0.2, 0.25) is 0 Å². The molecule has 0 bridgehead atoms. The molecule has 9 aromatic rings. The first-order chi connectivity index (χ1) is 37.5. The predicted molar refractivity (Wildman–Crippen MR) is 336 cm³/mol. The first kappa shape index (κ1) is 50.8. The van der Waals surface area contributed by atoms with E-state index >= 15 is 0 Å². The summed E-state index contributed by atoms with van der Waals surface area (Å²) in [6.07, 6.45) is 0. The second kappa shape index (κ2) is 17.7. The summed E-state index contributed by atoms with van der Waals surface area (Å²) in [5.41, 5.74) is 23.9. The number of nitrogens with zero attached hydrogens (tertiary/aromatic N) is 3. The first-order valence-electron chi connectivity index (χ1n) is 28.6. The maximum Gasteiger partial charge on any atom is 0.252 e. The van der Waals surface area contributed by atoms with Gasteiger partial charge in [-0.25, -0.2) is 0 Å². The molecule has 9 aromatic carbocycles. The fourth-order valence-electron chi connectivity index (χ4n) is 13.1. The molecule has 0 unspecified atom stereocenters. The number of hydrogen-bond acceptors (Lipinski definition) is 5. The third kappa shape index (κ3) is 8.18. The highest BCUT2D eigenvalue weighted by molar-refractivity contribution is 7.00. The molecule has 0 saturated heterocycles. The van der Waals surface area contributed by atoms with Gasteiger partial charge in [-0.3, -0.25) is 0 Å². The minimum atomic E-state index is -0.238. The molecule has 4 aliphatic rings. The van der Waals surface area contributed by atoms with Gasteiger partial charge in [0.05, 0.1) is 11.4 Å². The molecule has 0 aromatic heterocycles. The summed E-state index contributed by atoms with van der Waals surface area (Å²) in [7, 11) is 0. The maximum atomic E-state index is 6.53. The Morgan fingerprint density at radius 2 is 0.911 bits per heavy atom. The summed E-state index contributed by atoms with van der Waals surface area (Å²) >= 11 is 0. The van der Waals surface area contributed by atoms with Crippen molar-refractivity contribution in [2.75, 3.05) is 27.9 Å². The minimum Gasteiger partial charge on any atom is -0.486 e. The monoisotopic (exact) mass is 1040 g/mol. The molecule has 0 radical (unpaired) electrons. The van der Waals surface area contributed by atoms with Gasteiger partial charge in [0.25, 0.3) is 6.71 Å². The van der Waals surface area contributed by atoms with Crippen molar-refractivity contribution in [2.45, 2.75) is 124 Å². The highest BCUT2D eigenvalue weighted by Crippen LogP contribution is 2.56. The van der Waals surface area contributed by atoms with Gasteiger partial charge in [-0.2, -0.15) is 0 Å².